The fourth-order valence-corrected chi connectivity index (χ4v) is 4.43. The number of hydrogen-bond donors (Lipinski definition) is 0. The van der Waals surface area contributed by atoms with Crippen LogP contribution in [0.25, 0.3) is 10.2 Å². The summed E-state index contributed by atoms with van der Waals surface area (Å²) in [6, 6.07) is 11.9. The van der Waals surface area contributed by atoms with E-state index in [-0.39, 0.29) is 0 Å². The van der Waals surface area contributed by atoms with Gasteiger partial charge in [-0.25, -0.2) is 4.98 Å². The van der Waals surface area contributed by atoms with Gasteiger partial charge in [0.05, 0.1) is 15.8 Å². The molecule has 27 heavy (non-hydrogen) atoms. The monoisotopic (exact) mass is 391 g/mol. The molecule has 3 nitrogen and oxygen atoms in total. The van der Waals surface area contributed by atoms with Crippen LogP contribution in [-0.4, -0.2) is 31.2 Å². The maximum absolute atomic E-state index is 12.9. The Morgan fingerprint density at radius 2 is 1.74 bits per heavy atom. The summed E-state index contributed by atoms with van der Waals surface area (Å²) in [5.74, 6) is 0. The Hall–Kier alpha value is -2.28. The van der Waals surface area contributed by atoms with Gasteiger partial charge in [-0.2, -0.15) is 13.2 Å². The fourth-order valence-electron chi connectivity index (χ4n) is 3.35. The second kappa shape index (κ2) is 7.03. The van der Waals surface area contributed by atoms with E-state index in [0.717, 1.165) is 36.2 Å². The van der Waals surface area contributed by atoms with Gasteiger partial charge in [0.2, 0.25) is 0 Å². The molecule has 0 atom stereocenters. The van der Waals surface area contributed by atoms with E-state index < -0.39 is 11.7 Å². The molecule has 0 N–H and O–H groups in total. The number of benzene rings is 2. The molecular formula is C20H20F3N3S. The van der Waals surface area contributed by atoms with Gasteiger partial charge in [0, 0.05) is 31.9 Å². The summed E-state index contributed by atoms with van der Waals surface area (Å²) in [7, 11) is 0. The Bertz CT molecular complexity index is 943. The number of thiazole rings is 1. The predicted octanol–water partition coefficient (Wildman–Crippen LogP) is 5.20. The fraction of sp³-hybridized carbons (Fsp3) is 0.350. The minimum atomic E-state index is -4.31. The number of rotatable bonds is 3. The topological polar surface area (TPSA) is 19.4 Å². The quantitative estimate of drug-likeness (QED) is 0.611. The third-order valence-electron chi connectivity index (χ3n) is 4.94. The zero-order valence-electron chi connectivity index (χ0n) is 15.0. The van der Waals surface area contributed by atoms with Gasteiger partial charge in [-0.1, -0.05) is 30.4 Å². The lowest BCUT2D eigenvalue weighted by molar-refractivity contribution is -0.137. The van der Waals surface area contributed by atoms with Crippen molar-refractivity contribution in [3.8, 4) is 0 Å². The molecule has 0 radical (unpaired) electrons. The molecule has 1 aliphatic heterocycles. The van der Waals surface area contributed by atoms with Gasteiger partial charge in [0.25, 0.3) is 0 Å². The van der Waals surface area contributed by atoms with E-state index in [1.54, 1.807) is 17.4 Å². The summed E-state index contributed by atoms with van der Waals surface area (Å²) in [6.45, 7) is 4.98. The number of halogens is 3. The van der Waals surface area contributed by atoms with Crippen molar-refractivity contribution < 1.29 is 13.2 Å². The normalized spacial score (nSPS) is 15.6. The second-order valence-electron chi connectivity index (χ2n) is 6.67. The van der Waals surface area contributed by atoms with E-state index in [4.69, 9.17) is 4.98 Å². The molecule has 1 aromatic heterocycles. The number of aromatic nitrogens is 1. The van der Waals surface area contributed by atoms with Gasteiger partial charge in [-0.05, 0) is 42.3 Å². The largest absolute Gasteiger partial charge is 0.416 e. The summed E-state index contributed by atoms with van der Waals surface area (Å²) >= 11 is 1.68. The van der Waals surface area contributed by atoms with Crippen molar-refractivity contribution in [1.82, 2.24) is 4.98 Å². The van der Waals surface area contributed by atoms with E-state index in [1.807, 2.05) is 4.90 Å². The first kappa shape index (κ1) is 18.1. The van der Waals surface area contributed by atoms with Crippen molar-refractivity contribution in [2.45, 2.75) is 19.5 Å². The molecule has 7 heteroatoms. The number of hydrogen-bond acceptors (Lipinski definition) is 4. The Balaban J connectivity index is 1.48. The number of piperazine rings is 1. The van der Waals surface area contributed by atoms with Crippen molar-refractivity contribution in [1.29, 1.82) is 0 Å². The van der Waals surface area contributed by atoms with E-state index in [0.29, 0.717) is 18.8 Å². The number of alkyl halides is 3. The highest BCUT2D eigenvalue weighted by molar-refractivity contribution is 7.22. The van der Waals surface area contributed by atoms with Crippen molar-refractivity contribution in [2.75, 3.05) is 36.0 Å². The molecule has 0 unspecified atom stereocenters. The van der Waals surface area contributed by atoms with Crippen LogP contribution in [0.5, 0.6) is 0 Å². The predicted molar refractivity (Wildman–Crippen MR) is 105 cm³/mol. The molecule has 0 saturated carbocycles. The molecule has 2 heterocycles. The molecule has 3 aromatic rings. The maximum atomic E-state index is 12.9. The minimum absolute atomic E-state index is 0.597. The van der Waals surface area contributed by atoms with E-state index in [2.05, 4.69) is 30.0 Å². The minimum Gasteiger partial charge on any atom is -0.368 e. The summed E-state index contributed by atoms with van der Waals surface area (Å²) in [4.78, 5) is 8.96. The lowest BCUT2D eigenvalue weighted by atomic mass is 10.1. The molecule has 0 amide bonds. The highest BCUT2D eigenvalue weighted by atomic mass is 32.1. The second-order valence-corrected chi connectivity index (χ2v) is 7.68. The van der Waals surface area contributed by atoms with Crippen molar-refractivity contribution in [3.63, 3.8) is 0 Å². The van der Waals surface area contributed by atoms with Gasteiger partial charge >= 0.3 is 6.18 Å². The lowest BCUT2D eigenvalue weighted by Gasteiger charge is -2.36. The SMILES string of the molecule is CCc1ccc2nc(N3CCN(c4cccc(C(F)(F)F)c4)CC3)sc2c1. The van der Waals surface area contributed by atoms with E-state index in [9.17, 15) is 13.2 Å². The Morgan fingerprint density at radius 3 is 2.44 bits per heavy atom. The zero-order chi connectivity index (χ0) is 19.0. The molecule has 1 fully saturated rings. The lowest BCUT2D eigenvalue weighted by Crippen LogP contribution is -2.46. The summed E-state index contributed by atoms with van der Waals surface area (Å²) in [5, 5.41) is 0.988. The molecule has 0 spiro atoms. The van der Waals surface area contributed by atoms with Crippen LogP contribution in [0.2, 0.25) is 0 Å². The maximum Gasteiger partial charge on any atom is 0.416 e. The molecule has 1 saturated heterocycles. The van der Waals surface area contributed by atoms with Gasteiger partial charge in [0.1, 0.15) is 0 Å². The average Bonchev–Trinajstić information content (AvgIpc) is 3.10. The van der Waals surface area contributed by atoms with Crippen molar-refractivity contribution in [2.24, 2.45) is 0 Å². The van der Waals surface area contributed by atoms with Gasteiger partial charge in [-0.15, -0.1) is 0 Å². The van der Waals surface area contributed by atoms with Crippen molar-refractivity contribution in [3.05, 3.63) is 53.6 Å². The van der Waals surface area contributed by atoms with Crippen LogP contribution < -0.4 is 9.80 Å². The molecule has 4 rings (SSSR count). The first-order valence-corrected chi connectivity index (χ1v) is 9.82. The third-order valence-corrected chi connectivity index (χ3v) is 6.02. The Kier molecular flexibility index (Phi) is 4.72. The standard InChI is InChI=1S/C20H20F3N3S/c1-2-14-6-7-17-18(12-14)27-19(24-17)26-10-8-25(9-11-26)16-5-3-4-15(13-16)20(21,22)23/h3-7,12-13H,2,8-11H2,1H3. The number of aryl methyl sites for hydroxylation is 1. The summed E-state index contributed by atoms with van der Waals surface area (Å²) < 4.78 is 40.0. The highest BCUT2D eigenvalue weighted by Crippen LogP contribution is 2.33. The van der Waals surface area contributed by atoms with Crippen LogP contribution >= 0.6 is 11.3 Å². The number of anilines is 2. The van der Waals surface area contributed by atoms with E-state index >= 15 is 0 Å². The van der Waals surface area contributed by atoms with Crippen LogP contribution in [0, 0.1) is 0 Å². The molecule has 0 bridgehead atoms. The smallest absolute Gasteiger partial charge is 0.368 e. The van der Waals surface area contributed by atoms with E-state index in [1.165, 1.54) is 22.4 Å². The first-order valence-electron chi connectivity index (χ1n) is 9.00. The molecule has 1 aliphatic rings. The van der Waals surface area contributed by atoms with Crippen LogP contribution in [-0.2, 0) is 12.6 Å². The summed E-state index contributed by atoms with van der Waals surface area (Å²) in [5.41, 5.74) is 2.33. The average molecular weight is 391 g/mol. The molecule has 2 aromatic carbocycles. The van der Waals surface area contributed by atoms with Crippen LogP contribution in [0.4, 0.5) is 24.0 Å². The van der Waals surface area contributed by atoms with Gasteiger partial charge in [0.15, 0.2) is 5.13 Å². The molecule has 0 aliphatic carbocycles. The van der Waals surface area contributed by atoms with Gasteiger partial charge in [-0.3, -0.25) is 0 Å². The first-order chi connectivity index (χ1) is 12.9. The highest BCUT2D eigenvalue weighted by Gasteiger charge is 2.31. The van der Waals surface area contributed by atoms with Crippen LogP contribution in [0.15, 0.2) is 42.5 Å². The molecular weight excluding hydrogens is 371 g/mol. The summed E-state index contributed by atoms with van der Waals surface area (Å²) in [6.07, 6.45) is -3.31. The zero-order valence-corrected chi connectivity index (χ0v) is 15.8. The Morgan fingerprint density at radius 1 is 1.00 bits per heavy atom. The van der Waals surface area contributed by atoms with Crippen molar-refractivity contribution >= 4 is 32.4 Å². The number of fused-ring (bicyclic) bond motifs is 1. The van der Waals surface area contributed by atoms with Crippen LogP contribution in [0.1, 0.15) is 18.1 Å². The molecule has 142 valence electrons. The third kappa shape index (κ3) is 3.74. The Labute approximate surface area is 160 Å². The number of nitrogens with zero attached hydrogens (tertiary/aromatic N) is 3. The van der Waals surface area contributed by atoms with Gasteiger partial charge < -0.3 is 9.80 Å². The van der Waals surface area contributed by atoms with Crippen LogP contribution in [0.3, 0.4) is 0 Å².